The number of hydroxylamine groups is 1. The summed E-state index contributed by atoms with van der Waals surface area (Å²) in [6.07, 6.45) is 1.94. The lowest BCUT2D eigenvalue weighted by atomic mass is 9.73. The Balaban J connectivity index is 1.42. The van der Waals surface area contributed by atoms with E-state index in [2.05, 4.69) is 4.98 Å². The van der Waals surface area contributed by atoms with E-state index in [-0.39, 0.29) is 26.0 Å². The van der Waals surface area contributed by atoms with Crippen molar-refractivity contribution in [3.8, 4) is 11.5 Å². The Morgan fingerprint density at radius 2 is 1.90 bits per heavy atom. The Morgan fingerprint density at radius 1 is 1.20 bits per heavy atom. The molecule has 4 rings (SSSR count). The van der Waals surface area contributed by atoms with E-state index in [9.17, 15) is 28.3 Å². The van der Waals surface area contributed by atoms with Crippen molar-refractivity contribution in [1.82, 2.24) is 15.4 Å². The molecular formula is C28H33F3N4O5. The number of likely N-dealkylation sites (tertiary alicyclic amines) is 1. The van der Waals surface area contributed by atoms with Gasteiger partial charge in [0.1, 0.15) is 18.2 Å². The number of piperidine rings is 1. The molecule has 3 aromatic rings. The van der Waals surface area contributed by atoms with Crippen molar-refractivity contribution in [2.24, 2.45) is 11.1 Å². The van der Waals surface area contributed by atoms with Crippen molar-refractivity contribution < 1.29 is 37.8 Å². The molecule has 1 amide bonds. The van der Waals surface area contributed by atoms with Gasteiger partial charge < -0.3 is 20.3 Å². The van der Waals surface area contributed by atoms with Gasteiger partial charge in [0.25, 0.3) is 0 Å². The molecule has 0 unspecified atom stereocenters. The molecule has 0 aliphatic carbocycles. The van der Waals surface area contributed by atoms with Crippen molar-refractivity contribution in [3.63, 3.8) is 0 Å². The number of amides is 1. The number of fused-ring (bicyclic) bond motifs is 1. The molecule has 1 saturated heterocycles. The summed E-state index contributed by atoms with van der Waals surface area (Å²) in [5.74, 6) is -3.84. The second-order valence-electron chi connectivity index (χ2n) is 9.95. The number of aliphatic hydroxyl groups excluding tert-OH is 1. The maximum Gasteiger partial charge on any atom is 0.249 e. The van der Waals surface area contributed by atoms with E-state index in [0.717, 1.165) is 0 Å². The number of carbonyl (C=O) groups excluding carboxylic acids is 1. The molecule has 12 heteroatoms. The third kappa shape index (κ3) is 6.30. The molecule has 0 radical (unpaired) electrons. The summed E-state index contributed by atoms with van der Waals surface area (Å²) in [6.45, 7) is 1.34. The first-order valence-electron chi connectivity index (χ1n) is 13.0. The second kappa shape index (κ2) is 12.8. The number of benzene rings is 2. The Kier molecular flexibility index (Phi) is 9.46. The van der Waals surface area contributed by atoms with Gasteiger partial charge >= 0.3 is 0 Å². The summed E-state index contributed by atoms with van der Waals surface area (Å²) in [5.41, 5.74) is 8.76. The number of ether oxygens (including phenoxy) is 2. The molecule has 0 saturated carbocycles. The van der Waals surface area contributed by atoms with Gasteiger partial charge in [0, 0.05) is 36.8 Å². The molecule has 216 valence electrons. The number of methoxy groups -OCH3 is 1. The van der Waals surface area contributed by atoms with Gasteiger partial charge in [-0.1, -0.05) is 0 Å². The first-order valence-corrected chi connectivity index (χ1v) is 13.0. The molecule has 2 aromatic carbocycles. The third-order valence-corrected chi connectivity index (χ3v) is 7.66. The third-order valence-electron chi connectivity index (χ3n) is 7.66. The number of nitrogens with one attached hydrogen (secondary N) is 1. The SMILES string of the molecule is COc1ccc2ncc(CN)c([C@H](O)CCC3(C(=O)NO)CCN(CCOc4c(F)cc(F)cc4F)CC3)c2c1. The average molecular weight is 563 g/mol. The quantitative estimate of drug-likeness (QED) is 0.206. The zero-order valence-electron chi connectivity index (χ0n) is 22.1. The van der Waals surface area contributed by atoms with Crippen LogP contribution in [0.15, 0.2) is 36.5 Å². The minimum atomic E-state index is -1.12. The monoisotopic (exact) mass is 562 g/mol. The van der Waals surface area contributed by atoms with E-state index in [1.165, 1.54) is 0 Å². The van der Waals surface area contributed by atoms with Gasteiger partial charge in [-0.3, -0.25) is 19.9 Å². The highest BCUT2D eigenvalue weighted by molar-refractivity contribution is 5.85. The fraction of sp³-hybridized carbons (Fsp3) is 0.429. The molecule has 1 fully saturated rings. The number of rotatable bonds is 11. The van der Waals surface area contributed by atoms with Gasteiger partial charge in [-0.05, 0) is 68.1 Å². The van der Waals surface area contributed by atoms with Crippen LogP contribution in [0, 0.1) is 22.9 Å². The fourth-order valence-corrected chi connectivity index (χ4v) is 5.33. The average Bonchev–Trinajstić information content (AvgIpc) is 2.96. The van der Waals surface area contributed by atoms with Crippen molar-refractivity contribution >= 4 is 16.8 Å². The molecule has 0 spiro atoms. The number of carbonyl (C=O) groups is 1. The highest BCUT2D eigenvalue weighted by Crippen LogP contribution is 2.40. The molecule has 0 bridgehead atoms. The van der Waals surface area contributed by atoms with Crippen molar-refractivity contribution in [2.75, 3.05) is 33.4 Å². The number of aliphatic hydroxyl groups is 1. The first-order chi connectivity index (χ1) is 19.2. The van der Waals surface area contributed by atoms with Crippen LogP contribution in [-0.2, 0) is 11.3 Å². The number of nitrogens with zero attached hydrogens (tertiary/aromatic N) is 2. The van der Waals surface area contributed by atoms with E-state index in [0.29, 0.717) is 72.4 Å². The number of pyridine rings is 1. The number of nitrogens with two attached hydrogens (primary N) is 1. The molecular weight excluding hydrogens is 529 g/mol. The summed E-state index contributed by atoms with van der Waals surface area (Å²) >= 11 is 0. The van der Waals surface area contributed by atoms with Gasteiger partial charge in [-0.2, -0.15) is 0 Å². The second-order valence-corrected chi connectivity index (χ2v) is 9.95. The number of hydrogen-bond acceptors (Lipinski definition) is 8. The molecule has 1 aliphatic rings. The Bertz CT molecular complexity index is 1320. The summed E-state index contributed by atoms with van der Waals surface area (Å²) in [6, 6.07) is 6.47. The maximum atomic E-state index is 13.8. The zero-order valence-corrected chi connectivity index (χ0v) is 22.1. The van der Waals surface area contributed by atoms with Crippen LogP contribution in [-0.4, -0.2) is 59.5 Å². The van der Waals surface area contributed by atoms with E-state index in [1.54, 1.807) is 37.0 Å². The Morgan fingerprint density at radius 3 is 2.52 bits per heavy atom. The van der Waals surface area contributed by atoms with Gasteiger partial charge in [0.05, 0.1) is 24.1 Å². The predicted molar refractivity (Wildman–Crippen MR) is 140 cm³/mol. The van der Waals surface area contributed by atoms with Crippen LogP contribution in [0.4, 0.5) is 13.2 Å². The Labute approximate surface area is 229 Å². The summed E-state index contributed by atoms with van der Waals surface area (Å²) in [4.78, 5) is 19.2. The lowest BCUT2D eigenvalue weighted by molar-refractivity contribution is -0.144. The minimum Gasteiger partial charge on any atom is -0.497 e. The van der Waals surface area contributed by atoms with Crippen LogP contribution in [0.3, 0.4) is 0 Å². The molecule has 40 heavy (non-hydrogen) atoms. The van der Waals surface area contributed by atoms with Crippen molar-refractivity contribution in [3.05, 3.63) is 65.1 Å². The van der Waals surface area contributed by atoms with Gasteiger partial charge in [-0.25, -0.2) is 18.7 Å². The van der Waals surface area contributed by atoms with Crippen LogP contribution in [0.1, 0.15) is 42.9 Å². The highest BCUT2D eigenvalue weighted by Gasteiger charge is 2.41. The lowest BCUT2D eigenvalue weighted by Crippen LogP contribution is -2.49. The van der Waals surface area contributed by atoms with Crippen molar-refractivity contribution in [1.29, 1.82) is 0 Å². The summed E-state index contributed by atoms with van der Waals surface area (Å²) < 4.78 is 51.3. The molecule has 2 heterocycles. The van der Waals surface area contributed by atoms with Crippen LogP contribution in [0.25, 0.3) is 10.9 Å². The summed E-state index contributed by atoms with van der Waals surface area (Å²) in [5, 5.41) is 21.5. The minimum absolute atomic E-state index is 0.0438. The zero-order chi connectivity index (χ0) is 28.9. The van der Waals surface area contributed by atoms with Gasteiger partial charge in [0.2, 0.25) is 5.91 Å². The van der Waals surface area contributed by atoms with Crippen LogP contribution >= 0.6 is 0 Å². The van der Waals surface area contributed by atoms with Crippen LogP contribution in [0.2, 0.25) is 0 Å². The Hall–Kier alpha value is -3.45. The molecule has 5 N–H and O–H groups in total. The number of aromatic nitrogens is 1. The summed E-state index contributed by atoms with van der Waals surface area (Å²) in [7, 11) is 1.55. The maximum absolute atomic E-state index is 13.8. The van der Waals surface area contributed by atoms with Crippen LogP contribution < -0.4 is 20.7 Å². The highest BCUT2D eigenvalue weighted by atomic mass is 19.1. The van der Waals surface area contributed by atoms with E-state index >= 15 is 0 Å². The number of halogens is 3. The van der Waals surface area contributed by atoms with Crippen LogP contribution in [0.5, 0.6) is 11.5 Å². The standard InChI is InChI=1S/C28H33F3N4O5/c1-39-19-2-3-23-20(14-19)25(17(15-32)16-33-23)24(36)4-5-28(27(37)34-38)6-8-35(9-7-28)10-11-40-26-21(30)12-18(29)13-22(26)31/h2-3,12-14,16,24,36,38H,4-11,15,32H2,1H3,(H,34,37)/t24-/m1/s1. The smallest absolute Gasteiger partial charge is 0.249 e. The predicted octanol–water partition coefficient (Wildman–Crippen LogP) is 3.60. The molecule has 1 aliphatic heterocycles. The van der Waals surface area contributed by atoms with Gasteiger partial charge in [-0.15, -0.1) is 0 Å². The normalized spacial score (nSPS) is 16.1. The van der Waals surface area contributed by atoms with E-state index in [4.69, 9.17) is 15.2 Å². The lowest BCUT2D eigenvalue weighted by Gasteiger charge is -2.40. The van der Waals surface area contributed by atoms with Gasteiger partial charge in [0.15, 0.2) is 17.4 Å². The first kappa shape index (κ1) is 29.5. The fourth-order valence-electron chi connectivity index (χ4n) is 5.33. The van der Waals surface area contributed by atoms with E-state index < -0.39 is 40.6 Å². The number of hydrogen-bond donors (Lipinski definition) is 4. The molecule has 1 aromatic heterocycles. The largest absolute Gasteiger partial charge is 0.497 e. The molecule has 9 nitrogen and oxygen atoms in total. The molecule has 1 atom stereocenters. The van der Waals surface area contributed by atoms with Crippen molar-refractivity contribution in [2.45, 2.75) is 38.3 Å². The van der Waals surface area contributed by atoms with E-state index in [1.807, 2.05) is 4.90 Å². The topological polar surface area (TPSA) is 130 Å².